The lowest BCUT2D eigenvalue weighted by molar-refractivity contribution is 0.166. The number of nitrogens with one attached hydrogen (secondary N) is 2. The largest absolute Gasteiger partial charge is 0.361 e. The highest BCUT2D eigenvalue weighted by Gasteiger charge is 2.20. The molecule has 1 aliphatic heterocycles. The second-order valence-corrected chi connectivity index (χ2v) is 6.43. The van der Waals surface area contributed by atoms with E-state index in [-0.39, 0.29) is 0 Å². The Morgan fingerprint density at radius 2 is 2.23 bits per heavy atom. The lowest BCUT2D eigenvalue weighted by Gasteiger charge is -2.32. The summed E-state index contributed by atoms with van der Waals surface area (Å²) >= 11 is 0. The Bertz CT molecular complexity index is 728. The molecule has 0 aliphatic carbocycles. The summed E-state index contributed by atoms with van der Waals surface area (Å²) in [7, 11) is 0. The van der Waals surface area contributed by atoms with Gasteiger partial charge in [-0.15, -0.1) is 0 Å². The maximum atomic E-state index is 4.06. The molecule has 1 aromatic carbocycles. The van der Waals surface area contributed by atoms with E-state index in [2.05, 4.69) is 50.4 Å². The SMILES string of the molecule is c1cc(C[C@H]2CCCN(Cc3ccc4cc[nH]c4c3)C2)[nH]n1. The van der Waals surface area contributed by atoms with Crippen LogP contribution in [-0.4, -0.2) is 33.2 Å². The van der Waals surface area contributed by atoms with E-state index in [1.54, 1.807) is 0 Å². The molecule has 4 heteroatoms. The Labute approximate surface area is 130 Å². The topological polar surface area (TPSA) is 47.7 Å². The number of piperidine rings is 1. The third kappa shape index (κ3) is 2.92. The number of aromatic nitrogens is 3. The molecule has 1 fully saturated rings. The van der Waals surface area contributed by atoms with Crippen LogP contribution in [0.2, 0.25) is 0 Å². The van der Waals surface area contributed by atoms with Crippen molar-refractivity contribution in [3.8, 4) is 0 Å². The molecule has 2 N–H and O–H groups in total. The first-order valence-corrected chi connectivity index (χ1v) is 8.13. The maximum absolute atomic E-state index is 4.06. The number of benzene rings is 1. The predicted octanol–water partition coefficient (Wildman–Crippen LogP) is 3.35. The Balaban J connectivity index is 1.41. The van der Waals surface area contributed by atoms with Gasteiger partial charge in [0.15, 0.2) is 0 Å². The molecule has 0 spiro atoms. The number of nitrogens with zero attached hydrogens (tertiary/aromatic N) is 2. The van der Waals surface area contributed by atoms with Gasteiger partial charge in [0.2, 0.25) is 0 Å². The van der Waals surface area contributed by atoms with Gasteiger partial charge in [-0.05, 0) is 60.9 Å². The van der Waals surface area contributed by atoms with Crippen LogP contribution in [0, 0.1) is 5.92 Å². The minimum atomic E-state index is 0.739. The Morgan fingerprint density at radius 1 is 1.23 bits per heavy atom. The monoisotopic (exact) mass is 294 g/mol. The van der Waals surface area contributed by atoms with Crippen molar-refractivity contribution in [1.29, 1.82) is 0 Å². The third-order valence-electron chi connectivity index (χ3n) is 4.70. The first-order chi connectivity index (χ1) is 10.9. The van der Waals surface area contributed by atoms with Gasteiger partial charge in [-0.2, -0.15) is 5.10 Å². The lowest BCUT2D eigenvalue weighted by atomic mass is 9.93. The first kappa shape index (κ1) is 13.6. The van der Waals surface area contributed by atoms with Crippen LogP contribution in [-0.2, 0) is 13.0 Å². The second kappa shape index (κ2) is 5.97. The number of H-pyrrole nitrogens is 2. The summed E-state index contributed by atoms with van der Waals surface area (Å²) in [5.74, 6) is 0.739. The van der Waals surface area contributed by atoms with E-state index in [0.29, 0.717) is 0 Å². The zero-order valence-electron chi connectivity index (χ0n) is 12.8. The molecule has 4 rings (SSSR count). The van der Waals surface area contributed by atoms with E-state index in [0.717, 1.165) is 18.9 Å². The summed E-state index contributed by atoms with van der Waals surface area (Å²) < 4.78 is 0. The van der Waals surface area contributed by atoms with Gasteiger partial charge in [0.25, 0.3) is 0 Å². The van der Waals surface area contributed by atoms with Crippen LogP contribution >= 0.6 is 0 Å². The van der Waals surface area contributed by atoms with E-state index in [1.165, 1.54) is 48.1 Å². The van der Waals surface area contributed by atoms with Crippen LogP contribution in [0.5, 0.6) is 0 Å². The molecule has 3 heterocycles. The number of hydrogen-bond donors (Lipinski definition) is 2. The summed E-state index contributed by atoms with van der Waals surface area (Å²) in [5, 5.41) is 8.44. The number of aromatic amines is 2. The highest BCUT2D eigenvalue weighted by molar-refractivity contribution is 5.79. The molecule has 3 aromatic rings. The third-order valence-corrected chi connectivity index (χ3v) is 4.70. The number of hydrogen-bond acceptors (Lipinski definition) is 2. The highest BCUT2D eigenvalue weighted by atomic mass is 15.1. The minimum absolute atomic E-state index is 0.739. The normalized spacial score (nSPS) is 19.7. The van der Waals surface area contributed by atoms with E-state index in [4.69, 9.17) is 0 Å². The summed E-state index contributed by atoms with van der Waals surface area (Å²) in [6.07, 6.45) is 7.60. The van der Waals surface area contributed by atoms with Crippen molar-refractivity contribution in [1.82, 2.24) is 20.1 Å². The molecule has 1 atom stereocenters. The molecular formula is C18H22N4. The summed E-state index contributed by atoms with van der Waals surface area (Å²) in [6, 6.07) is 11.0. The van der Waals surface area contributed by atoms with Gasteiger partial charge in [0, 0.05) is 36.7 Å². The van der Waals surface area contributed by atoms with Gasteiger partial charge in [0.1, 0.15) is 0 Å². The van der Waals surface area contributed by atoms with Crippen LogP contribution < -0.4 is 0 Å². The predicted molar refractivity (Wildman–Crippen MR) is 88.6 cm³/mol. The number of likely N-dealkylation sites (tertiary alicyclic amines) is 1. The van der Waals surface area contributed by atoms with E-state index in [1.807, 2.05) is 12.4 Å². The van der Waals surface area contributed by atoms with E-state index < -0.39 is 0 Å². The van der Waals surface area contributed by atoms with E-state index in [9.17, 15) is 0 Å². The van der Waals surface area contributed by atoms with Gasteiger partial charge in [-0.1, -0.05) is 12.1 Å². The van der Waals surface area contributed by atoms with Crippen LogP contribution in [0.1, 0.15) is 24.1 Å². The fraction of sp³-hybridized carbons (Fsp3) is 0.389. The molecule has 4 nitrogen and oxygen atoms in total. The van der Waals surface area contributed by atoms with Gasteiger partial charge < -0.3 is 4.98 Å². The van der Waals surface area contributed by atoms with Gasteiger partial charge in [-0.25, -0.2) is 0 Å². The van der Waals surface area contributed by atoms with Gasteiger partial charge in [-0.3, -0.25) is 10.00 Å². The molecular weight excluding hydrogens is 272 g/mol. The molecule has 22 heavy (non-hydrogen) atoms. The molecule has 114 valence electrons. The fourth-order valence-corrected chi connectivity index (χ4v) is 3.62. The minimum Gasteiger partial charge on any atom is -0.361 e. The Morgan fingerprint density at radius 3 is 3.14 bits per heavy atom. The lowest BCUT2D eigenvalue weighted by Crippen LogP contribution is -2.35. The van der Waals surface area contributed by atoms with Crippen molar-refractivity contribution in [3.05, 3.63) is 54.0 Å². The van der Waals surface area contributed by atoms with Gasteiger partial charge in [0.05, 0.1) is 0 Å². The standard InChI is InChI=1S/C18H22N4/c1-2-14(10-17-6-8-20-21-17)12-22(9-1)13-15-3-4-16-5-7-19-18(16)11-15/h3-8,11,14,19H,1-2,9-10,12-13H2,(H,20,21)/t14-/m1/s1. The first-order valence-electron chi connectivity index (χ1n) is 8.13. The molecule has 2 aromatic heterocycles. The smallest absolute Gasteiger partial charge is 0.0490 e. The fourth-order valence-electron chi connectivity index (χ4n) is 3.62. The molecule has 0 bridgehead atoms. The average molecular weight is 294 g/mol. The zero-order chi connectivity index (χ0) is 14.8. The van der Waals surface area contributed by atoms with Crippen molar-refractivity contribution in [2.75, 3.05) is 13.1 Å². The summed E-state index contributed by atoms with van der Waals surface area (Å²) in [4.78, 5) is 5.90. The van der Waals surface area contributed by atoms with Crippen LogP contribution in [0.4, 0.5) is 0 Å². The van der Waals surface area contributed by atoms with Crippen LogP contribution in [0.15, 0.2) is 42.7 Å². The molecule has 0 radical (unpaired) electrons. The van der Waals surface area contributed by atoms with Crippen molar-refractivity contribution < 1.29 is 0 Å². The van der Waals surface area contributed by atoms with Gasteiger partial charge >= 0.3 is 0 Å². The van der Waals surface area contributed by atoms with Crippen molar-refractivity contribution in [2.24, 2.45) is 5.92 Å². The van der Waals surface area contributed by atoms with Crippen molar-refractivity contribution in [3.63, 3.8) is 0 Å². The van der Waals surface area contributed by atoms with Crippen LogP contribution in [0.3, 0.4) is 0 Å². The molecule has 0 amide bonds. The van der Waals surface area contributed by atoms with Crippen LogP contribution in [0.25, 0.3) is 10.9 Å². The molecule has 1 saturated heterocycles. The Hall–Kier alpha value is -2.07. The molecule has 0 unspecified atom stereocenters. The average Bonchev–Trinajstić information content (AvgIpc) is 3.18. The molecule has 1 aliphatic rings. The highest BCUT2D eigenvalue weighted by Crippen LogP contribution is 2.22. The van der Waals surface area contributed by atoms with Crippen molar-refractivity contribution in [2.45, 2.75) is 25.8 Å². The molecule has 0 saturated carbocycles. The summed E-state index contributed by atoms with van der Waals surface area (Å²) in [5.41, 5.74) is 3.90. The second-order valence-electron chi connectivity index (χ2n) is 6.43. The quantitative estimate of drug-likeness (QED) is 0.775. The maximum Gasteiger partial charge on any atom is 0.0490 e. The number of rotatable bonds is 4. The van der Waals surface area contributed by atoms with E-state index >= 15 is 0 Å². The summed E-state index contributed by atoms with van der Waals surface area (Å²) in [6.45, 7) is 3.44. The zero-order valence-corrected chi connectivity index (χ0v) is 12.8. The van der Waals surface area contributed by atoms with Crippen molar-refractivity contribution >= 4 is 10.9 Å². The number of fused-ring (bicyclic) bond motifs is 1. The Kier molecular flexibility index (Phi) is 3.69.